The molecule has 1 saturated heterocycles. The smallest absolute Gasteiger partial charge is 0.326 e. The summed E-state index contributed by atoms with van der Waals surface area (Å²) >= 11 is 0. The van der Waals surface area contributed by atoms with Gasteiger partial charge in [-0.05, 0) is 31.7 Å². The Morgan fingerprint density at radius 2 is 2.22 bits per heavy atom. The van der Waals surface area contributed by atoms with Crippen LogP contribution in [0.15, 0.2) is 17.1 Å². The van der Waals surface area contributed by atoms with Gasteiger partial charge in [0.1, 0.15) is 6.04 Å². The fourth-order valence-corrected chi connectivity index (χ4v) is 3.31. The number of likely N-dealkylation sites (tertiary alicyclic amines) is 1. The largest absolute Gasteiger partial charge is 0.503 e. The molecule has 2 N–H and O–H groups in total. The van der Waals surface area contributed by atoms with Crippen LogP contribution >= 0.6 is 0 Å². The number of carbonyl (C=O) groups is 1. The van der Waals surface area contributed by atoms with Crippen LogP contribution in [0.2, 0.25) is 0 Å². The van der Waals surface area contributed by atoms with E-state index in [0.29, 0.717) is 31.0 Å². The van der Waals surface area contributed by atoms with Gasteiger partial charge in [0.25, 0.3) is 0 Å². The molecule has 1 aliphatic heterocycles. The number of hydrogen-bond donors (Lipinski definition) is 2. The highest BCUT2D eigenvalue weighted by Crippen LogP contribution is 2.22. The minimum atomic E-state index is -0.942. The summed E-state index contributed by atoms with van der Waals surface area (Å²) in [6.07, 6.45) is 4.76. The van der Waals surface area contributed by atoms with Gasteiger partial charge in [0.2, 0.25) is 5.43 Å². The topological polar surface area (TPSA) is 82.8 Å². The van der Waals surface area contributed by atoms with Crippen LogP contribution < -0.4 is 5.43 Å². The lowest BCUT2D eigenvalue weighted by Crippen LogP contribution is -2.35. The summed E-state index contributed by atoms with van der Waals surface area (Å²) in [4.78, 5) is 25.7. The van der Waals surface area contributed by atoms with Crippen molar-refractivity contribution in [2.45, 2.75) is 52.1 Å². The lowest BCUT2D eigenvalue weighted by Gasteiger charge is -2.32. The van der Waals surface area contributed by atoms with Crippen molar-refractivity contribution < 1.29 is 15.0 Å². The molecule has 6 nitrogen and oxygen atoms in total. The van der Waals surface area contributed by atoms with E-state index in [4.69, 9.17) is 0 Å². The lowest BCUT2D eigenvalue weighted by molar-refractivity contribution is -0.141. The third kappa shape index (κ3) is 4.34. The van der Waals surface area contributed by atoms with Gasteiger partial charge in [0, 0.05) is 24.8 Å². The van der Waals surface area contributed by atoms with Crippen molar-refractivity contribution in [3.8, 4) is 5.75 Å². The average Bonchev–Trinajstić information content (AvgIpc) is 2.48. The van der Waals surface area contributed by atoms with Crippen molar-refractivity contribution in [3.05, 3.63) is 28.2 Å². The van der Waals surface area contributed by atoms with E-state index in [9.17, 15) is 19.8 Å². The van der Waals surface area contributed by atoms with Crippen LogP contribution in [-0.2, 0) is 11.3 Å². The molecule has 6 heteroatoms. The molecule has 1 aromatic heterocycles. The fraction of sp³-hybridized carbons (Fsp3) is 0.647. The highest BCUT2D eigenvalue weighted by atomic mass is 16.4. The first-order valence-electron chi connectivity index (χ1n) is 8.31. The highest BCUT2D eigenvalue weighted by molar-refractivity contribution is 5.72. The lowest BCUT2D eigenvalue weighted by atomic mass is 10.00. The van der Waals surface area contributed by atoms with Gasteiger partial charge < -0.3 is 14.8 Å². The van der Waals surface area contributed by atoms with Crippen LogP contribution in [-0.4, -0.2) is 38.7 Å². The van der Waals surface area contributed by atoms with Crippen molar-refractivity contribution in [1.82, 2.24) is 9.47 Å². The van der Waals surface area contributed by atoms with E-state index in [2.05, 4.69) is 11.8 Å². The van der Waals surface area contributed by atoms with Crippen LogP contribution in [0.3, 0.4) is 0 Å². The summed E-state index contributed by atoms with van der Waals surface area (Å²) in [5.74, 6) is -0.738. The Morgan fingerprint density at radius 1 is 1.48 bits per heavy atom. The van der Waals surface area contributed by atoms with Gasteiger partial charge in [-0.3, -0.25) is 9.69 Å². The Hall–Kier alpha value is -1.82. The molecule has 0 saturated carbocycles. The predicted molar refractivity (Wildman–Crippen MR) is 87.6 cm³/mol. The monoisotopic (exact) mass is 322 g/mol. The molecule has 2 atom stereocenters. The van der Waals surface area contributed by atoms with Crippen LogP contribution in [0.1, 0.15) is 51.3 Å². The summed E-state index contributed by atoms with van der Waals surface area (Å²) in [5.41, 5.74) is 0.199. The van der Waals surface area contributed by atoms with E-state index in [1.165, 1.54) is 18.7 Å². The van der Waals surface area contributed by atoms with E-state index in [1.807, 2.05) is 6.92 Å². The van der Waals surface area contributed by atoms with E-state index in [-0.39, 0.29) is 0 Å². The molecule has 1 aliphatic rings. The summed E-state index contributed by atoms with van der Waals surface area (Å²) < 4.78 is 1.56. The van der Waals surface area contributed by atoms with E-state index in [1.54, 1.807) is 4.57 Å². The van der Waals surface area contributed by atoms with Crippen molar-refractivity contribution in [1.29, 1.82) is 0 Å². The molecule has 2 rings (SSSR count). The molecule has 1 fully saturated rings. The molecule has 23 heavy (non-hydrogen) atoms. The molecule has 0 bridgehead atoms. The maximum atomic E-state index is 11.8. The van der Waals surface area contributed by atoms with Crippen molar-refractivity contribution in [2.24, 2.45) is 5.92 Å². The maximum absolute atomic E-state index is 11.8. The van der Waals surface area contributed by atoms with E-state index in [0.717, 1.165) is 19.5 Å². The predicted octanol–water partition coefficient (Wildman–Crippen LogP) is 2.21. The number of carboxylic acids is 1. The van der Waals surface area contributed by atoms with Gasteiger partial charge >= 0.3 is 5.97 Å². The molecule has 0 aromatic carbocycles. The zero-order chi connectivity index (χ0) is 17.0. The summed E-state index contributed by atoms with van der Waals surface area (Å²) in [6, 6.07) is 0.615. The molecule has 1 aromatic rings. The molecule has 0 spiro atoms. The second-order valence-corrected chi connectivity index (χ2v) is 6.55. The molecule has 0 aliphatic carbocycles. The van der Waals surface area contributed by atoms with Crippen LogP contribution in [0.4, 0.5) is 0 Å². The number of aromatic nitrogens is 1. The quantitative estimate of drug-likeness (QED) is 0.839. The second kappa shape index (κ2) is 7.64. The Labute approximate surface area is 136 Å². The first kappa shape index (κ1) is 17.5. The number of aromatic hydroxyl groups is 1. The Morgan fingerprint density at radius 3 is 2.83 bits per heavy atom. The Bertz CT molecular complexity index is 611. The van der Waals surface area contributed by atoms with Gasteiger partial charge in [-0.15, -0.1) is 0 Å². The first-order valence-corrected chi connectivity index (χ1v) is 8.31. The highest BCUT2D eigenvalue weighted by Gasteiger charge is 2.23. The SMILES string of the molecule is CCCC(C(=O)O)n1cc(O)c(=O)cc1CN1CCCC(C)C1. The van der Waals surface area contributed by atoms with Crippen molar-refractivity contribution in [3.63, 3.8) is 0 Å². The standard InChI is InChI=1S/C17H26N2O4/c1-3-5-14(17(22)23)19-11-16(21)15(20)8-13(19)10-18-7-4-6-12(2)9-18/h8,11-12,14,21H,3-7,9-10H2,1-2H3,(H,22,23). The van der Waals surface area contributed by atoms with E-state index >= 15 is 0 Å². The molecule has 2 heterocycles. The van der Waals surface area contributed by atoms with Crippen molar-refractivity contribution >= 4 is 5.97 Å². The van der Waals surface area contributed by atoms with Crippen LogP contribution in [0.5, 0.6) is 5.75 Å². The zero-order valence-corrected chi connectivity index (χ0v) is 13.9. The van der Waals surface area contributed by atoms with Crippen LogP contribution in [0, 0.1) is 5.92 Å². The van der Waals surface area contributed by atoms with Gasteiger partial charge in [-0.1, -0.05) is 20.3 Å². The van der Waals surface area contributed by atoms with Gasteiger partial charge in [0.15, 0.2) is 5.75 Å². The Kier molecular flexibility index (Phi) is 5.82. The molecule has 0 radical (unpaired) electrons. The minimum absolute atomic E-state index is 0.400. The summed E-state index contributed by atoms with van der Waals surface area (Å²) in [5, 5.41) is 19.2. The number of carboxylic acid groups (broad SMARTS) is 1. The second-order valence-electron chi connectivity index (χ2n) is 6.55. The molecule has 0 amide bonds. The zero-order valence-electron chi connectivity index (χ0n) is 13.9. The number of rotatable bonds is 6. The normalized spacial score (nSPS) is 20.3. The van der Waals surface area contributed by atoms with Crippen molar-refractivity contribution in [2.75, 3.05) is 13.1 Å². The van der Waals surface area contributed by atoms with E-state index < -0.39 is 23.2 Å². The number of piperidine rings is 1. The van der Waals surface area contributed by atoms with Gasteiger partial charge in [0.05, 0.1) is 6.20 Å². The molecular formula is C17H26N2O4. The van der Waals surface area contributed by atoms with Gasteiger partial charge in [-0.2, -0.15) is 0 Å². The first-order chi connectivity index (χ1) is 10.9. The fourth-order valence-electron chi connectivity index (χ4n) is 3.31. The maximum Gasteiger partial charge on any atom is 0.326 e. The molecular weight excluding hydrogens is 296 g/mol. The van der Waals surface area contributed by atoms with Crippen LogP contribution in [0.25, 0.3) is 0 Å². The number of hydrogen-bond acceptors (Lipinski definition) is 4. The number of aliphatic carboxylic acids is 1. The van der Waals surface area contributed by atoms with Gasteiger partial charge in [-0.25, -0.2) is 4.79 Å². The minimum Gasteiger partial charge on any atom is -0.503 e. The third-order valence-electron chi connectivity index (χ3n) is 4.45. The number of pyridine rings is 1. The summed E-state index contributed by atoms with van der Waals surface area (Å²) in [6.45, 7) is 6.55. The average molecular weight is 322 g/mol. The number of nitrogens with zero attached hydrogens (tertiary/aromatic N) is 2. The Balaban J connectivity index is 2.34. The third-order valence-corrected chi connectivity index (χ3v) is 4.45. The summed E-state index contributed by atoms with van der Waals surface area (Å²) in [7, 11) is 0. The molecule has 128 valence electrons. The molecule has 2 unspecified atom stereocenters.